The molecular weight excluding hydrogens is 279 g/mol. The van der Waals surface area contributed by atoms with Crippen molar-refractivity contribution in [3.63, 3.8) is 0 Å². The summed E-state index contributed by atoms with van der Waals surface area (Å²) in [6.45, 7) is 1.48. The Hall–Kier alpha value is -2.23. The molecule has 1 amide bonds. The second-order valence-electron chi connectivity index (χ2n) is 5.81. The molecule has 0 unspecified atom stereocenters. The van der Waals surface area contributed by atoms with E-state index in [0.717, 1.165) is 32.4 Å². The van der Waals surface area contributed by atoms with E-state index in [2.05, 4.69) is 4.98 Å². The molecule has 1 aromatic heterocycles. The number of carbonyl (C=O) groups excluding carboxylic acids is 1. The van der Waals surface area contributed by atoms with E-state index in [9.17, 15) is 9.18 Å². The summed E-state index contributed by atoms with van der Waals surface area (Å²) in [4.78, 5) is 18.2. The van der Waals surface area contributed by atoms with Crippen molar-refractivity contribution in [1.82, 2.24) is 9.88 Å². The SMILES string of the molecule is O=C(c1cccc(F)c1)N1CCC(Cc2ccncc2)CC1. The second-order valence-corrected chi connectivity index (χ2v) is 5.81. The molecule has 2 aromatic rings. The first kappa shape index (κ1) is 14.7. The van der Waals surface area contributed by atoms with Crippen LogP contribution in [0.25, 0.3) is 0 Å². The van der Waals surface area contributed by atoms with Crippen LogP contribution in [0, 0.1) is 11.7 Å². The summed E-state index contributed by atoms with van der Waals surface area (Å²) in [5.74, 6) is 0.166. The molecule has 1 aromatic carbocycles. The lowest BCUT2D eigenvalue weighted by Gasteiger charge is -2.32. The van der Waals surface area contributed by atoms with Gasteiger partial charge in [0.2, 0.25) is 0 Å². The lowest BCUT2D eigenvalue weighted by atomic mass is 9.90. The molecule has 22 heavy (non-hydrogen) atoms. The number of nitrogens with zero attached hydrogens (tertiary/aromatic N) is 2. The Morgan fingerprint density at radius 1 is 1.18 bits per heavy atom. The van der Waals surface area contributed by atoms with E-state index in [4.69, 9.17) is 0 Å². The van der Waals surface area contributed by atoms with Gasteiger partial charge in [0.25, 0.3) is 5.91 Å². The molecule has 1 fully saturated rings. The van der Waals surface area contributed by atoms with Gasteiger partial charge < -0.3 is 4.90 Å². The molecule has 0 aliphatic carbocycles. The van der Waals surface area contributed by atoms with Gasteiger partial charge in [-0.2, -0.15) is 0 Å². The maximum absolute atomic E-state index is 13.2. The molecule has 2 heterocycles. The van der Waals surface area contributed by atoms with E-state index >= 15 is 0 Å². The molecular formula is C18H19FN2O. The Bertz CT molecular complexity index is 637. The predicted octanol–water partition coefficient (Wildman–Crippen LogP) is 3.32. The zero-order valence-electron chi connectivity index (χ0n) is 12.4. The fourth-order valence-electron chi connectivity index (χ4n) is 3.00. The average molecular weight is 298 g/mol. The summed E-state index contributed by atoms with van der Waals surface area (Å²) in [7, 11) is 0. The van der Waals surface area contributed by atoms with Crippen molar-refractivity contribution in [3.05, 3.63) is 65.7 Å². The number of pyridine rings is 1. The zero-order valence-corrected chi connectivity index (χ0v) is 12.4. The number of hydrogen-bond donors (Lipinski definition) is 0. The number of amides is 1. The highest BCUT2D eigenvalue weighted by molar-refractivity contribution is 5.94. The Balaban J connectivity index is 1.56. The summed E-state index contributed by atoms with van der Waals surface area (Å²) in [5.41, 5.74) is 1.73. The highest BCUT2D eigenvalue weighted by Gasteiger charge is 2.23. The minimum absolute atomic E-state index is 0.0677. The molecule has 3 rings (SSSR count). The largest absolute Gasteiger partial charge is 0.339 e. The van der Waals surface area contributed by atoms with Gasteiger partial charge in [0.05, 0.1) is 0 Å². The van der Waals surface area contributed by atoms with Crippen LogP contribution in [0.2, 0.25) is 0 Å². The zero-order chi connectivity index (χ0) is 15.4. The monoisotopic (exact) mass is 298 g/mol. The molecule has 0 saturated carbocycles. The number of aromatic nitrogens is 1. The van der Waals surface area contributed by atoms with E-state index in [1.54, 1.807) is 12.1 Å². The van der Waals surface area contributed by atoms with E-state index in [-0.39, 0.29) is 11.7 Å². The number of likely N-dealkylation sites (tertiary alicyclic amines) is 1. The molecule has 1 aliphatic rings. The fraction of sp³-hybridized carbons (Fsp3) is 0.333. The minimum Gasteiger partial charge on any atom is -0.339 e. The molecule has 114 valence electrons. The van der Waals surface area contributed by atoms with Crippen molar-refractivity contribution < 1.29 is 9.18 Å². The quantitative estimate of drug-likeness (QED) is 0.871. The van der Waals surface area contributed by atoms with E-state index < -0.39 is 0 Å². The van der Waals surface area contributed by atoms with Crippen molar-refractivity contribution in [2.24, 2.45) is 5.92 Å². The maximum Gasteiger partial charge on any atom is 0.253 e. The molecule has 0 atom stereocenters. The van der Waals surface area contributed by atoms with Gasteiger partial charge in [-0.25, -0.2) is 4.39 Å². The number of piperidine rings is 1. The van der Waals surface area contributed by atoms with Crippen molar-refractivity contribution in [2.45, 2.75) is 19.3 Å². The van der Waals surface area contributed by atoms with Crippen LogP contribution in [0.3, 0.4) is 0 Å². The summed E-state index contributed by atoms with van der Waals surface area (Å²) < 4.78 is 13.2. The number of hydrogen-bond acceptors (Lipinski definition) is 2. The molecule has 0 N–H and O–H groups in total. The molecule has 1 saturated heterocycles. The normalized spacial score (nSPS) is 15.8. The average Bonchev–Trinajstić information content (AvgIpc) is 2.56. The predicted molar refractivity (Wildman–Crippen MR) is 83.0 cm³/mol. The third kappa shape index (κ3) is 3.50. The van der Waals surface area contributed by atoms with Crippen LogP contribution >= 0.6 is 0 Å². The second kappa shape index (κ2) is 6.69. The van der Waals surface area contributed by atoms with Gasteiger partial charge in [-0.05, 0) is 61.1 Å². The first-order valence-electron chi connectivity index (χ1n) is 7.66. The van der Waals surface area contributed by atoms with Crippen molar-refractivity contribution in [2.75, 3.05) is 13.1 Å². The third-order valence-corrected chi connectivity index (χ3v) is 4.25. The van der Waals surface area contributed by atoms with E-state index in [1.807, 2.05) is 29.4 Å². The van der Waals surface area contributed by atoms with Crippen LogP contribution in [-0.2, 0) is 6.42 Å². The summed E-state index contributed by atoms with van der Waals surface area (Å²) in [6, 6.07) is 10.0. The highest BCUT2D eigenvalue weighted by Crippen LogP contribution is 2.22. The van der Waals surface area contributed by atoms with Gasteiger partial charge in [-0.3, -0.25) is 9.78 Å². The fourth-order valence-corrected chi connectivity index (χ4v) is 3.00. The molecule has 0 bridgehead atoms. The number of halogens is 1. The van der Waals surface area contributed by atoms with Crippen LogP contribution < -0.4 is 0 Å². The van der Waals surface area contributed by atoms with Gasteiger partial charge in [0.15, 0.2) is 0 Å². The lowest BCUT2D eigenvalue weighted by molar-refractivity contribution is 0.0690. The van der Waals surface area contributed by atoms with Gasteiger partial charge in [-0.15, -0.1) is 0 Å². The molecule has 0 radical (unpaired) electrons. The molecule has 1 aliphatic heterocycles. The topological polar surface area (TPSA) is 33.2 Å². The molecule has 0 spiro atoms. The van der Waals surface area contributed by atoms with Crippen LogP contribution in [-0.4, -0.2) is 28.9 Å². The minimum atomic E-state index is -0.363. The number of rotatable bonds is 3. The Labute approximate surface area is 129 Å². The lowest BCUT2D eigenvalue weighted by Crippen LogP contribution is -2.38. The van der Waals surface area contributed by atoms with Crippen LogP contribution in [0.4, 0.5) is 4.39 Å². The van der Waals surface area contributed by atoms with Gasteiger partial charge in [-0.1, -0.05) is 6.07 Å². The summed E-state index contributed by atoms with van der Waals surface area (Å²) in [5, 5.41) is 0. The van der Waals surface area contributed by atoms with E-state index in [1.165, 1.54) is 17.7 Å². The third-order valence-electron chi connectivity index (χ3n) is 4.25. The Morgan fingerprint density at radius 2 is 1.91 bits per heavy atom. The van der Waals surface area contributed by atoms with Crippen molar-refractivity contribution >= 4 is 5.91 Å². The number of carbonyl (C=O) groups is 1. The Kier molecular flexibility index (Phi) is 4.47. The van der Waals surface area contributed by atoms with Crippen LogP contribution in [0.15, 0.2) is 48.8 Å². The molecule has 3 nitrogen and oxygen atoms in total. The smallest absolute Gasteiger partial charge is 0.253 e. The Morgan fingerprint density at radius 3 is 2.59 bits per heavy atom. The van der Waals surface area contributed by atoms with Crippen molar-refractivity contribution in [1.29, 1.82) is 0 Å². The first-order valence-corrected chi connectivity index (χ1v) is 7.66. The highest BCUT2D eigenvalue weighted by atomic mass is 19.1. The van der Waals surface area contributed by atoms with Gasteiger partial charge in [0.1, 0.15) is 5.82 Å². The maximum atomic E-state index is 13.2. The number of benzene rings is 1. The summed E-state index contributed by atoms with van der Waals surface area (Å²) >= 11 is 0. The van der Waals surface area contributed by atoms with Crippen molar-refractivity contribution in [3.8, 4) is 0 Å². The van der Waals surface area contributed by atoms with E-state index in [0.29, 0.717) is 11.5 Å². The molecule has 4 heteroatoms. The van der Waals surface area contributed by atoms with Gasteiger partial charge in [0, 0.05) is 31.0 Å². The standard InChI is InChI=1S/C18H19FN2O/c19-17-3-1-2-16(13-17)18(22)21-10-6-15(7-11-21)12-14-4-8-20-9-5-14/h1-5,8-9,13,15H,6-7,10-12H2. The van der Waals surface area contributed by atoms with Crippen LogP contribution in [0.1, 0.15) is 28.8 Å². The summed E-state index contributed by atoms with van der Waals surface area (Å²) in [6.07, 6.45) is 6.65. The van der Waals surface area contributed by atoms with Crippen LogP contribution in [0.5, 0.6) is 0 Å². The first-order chi connectivity index (χ1) is 10.7. The van der Waals surface area contributed by atoms with Gasteiger partial charge >= 0.3 is 0 Å².